The predicted octanol–water partition coefficient (Wildman–Crippen LogP) is -1.11. The van der Waals surface area contributed by atoms with Crippen LogP contribution < -0.4 is 16.4 Å². The SMILES string of the molecule is NC(=O)C1C=CC2=C(N1)N1CCNCC1C2. The highest BCUT2D eigenvalue weighted by Gasteiger charge is 2.35. The summed E-state index contributed by atoms with van der Waals surface area (Å²) in [6.45, 7) is 3.01. The van der Waals surface area contributed by atoms with Gasteiger partial charge >= 0.3 is 0 Å². The molecular weight excluding hydrogens is 204 g/mol. The minimum atomic E-state index is -0.354. The molecule has 86 valence electrons. The number of fused-ring (bicyclic) bond motifs is 2. The van der Waals surface area contributed by atoms with E-state index in [1.165, 1.54) is 5.57 Å². The normalized spacial score (nSPS) is 32.1. The van der Waals surface area contributed by atoms with Crippen molar-refractivity contribution >= 4 is 5.91 Å². The number of carbonyl (C=O) groups excluding carboxylic acids is 1. The molecule has 16 heavy (non-hydrogen) atoms. The lowest BCUT2D eigenvalue weighted by molar-refractivity contribution is -0.118. The quantitative estimate of drug-likeness (QED) is 0.524. The van der Waals surface area contributed by atoms with Gasteiger partial charge in [-0.1, -0.05) is 12.2 Å². The van der Waals surface area contributed by atoms with Gasteiger partial charge in [-0.2, -0.15) is 0 Å². The Morgan fingerprint density at radius 1 is 1.56 bits per heavy atom. The molecule has 0 saturated carbocycles. The molecule has 0 bridgehead atoms. The first-order chi connectivity index (χ1) is 7.75. The average Bonchev–Trinajstić information content (AvgIpc) is 2.66. The summed E-state index contributed by atoms with van der Waals surface area (Å²) >= 11 is 0. The van der Waals surface area contributed by atoms with Crippen molar-refractivity contribution in [1.82, 2.24) is 15.5 Å². The van der Waals surface area contributed by atoms with Crippen LogP contribution in [0.1, 0.15) is 6.42 Å². The highest BCUT2D eigenvalue weighted by atomic mass is 16.1. The van der Waals surface area contributed by atoms with E-state index in [-0.39, 0.29) is 11.9 Å². The van der Waals surface area contributed by atoms with Crippen LogP contribution in [0.2, 0.25) is 0 Å². The standard InChI is InChI=1S/C11H16N4O/c12-10(16)9-2-1-7-5-8-6-13-3-4-15(8)11(7)14-9/h1-2,8-9,13-14H,3-6H2,(H2,12,16). The molecule has 0 aromatic heterocycles. The highest BCUT2D eigenvalue weighted by molar-refractivity contribution is 5.82. The zero-order chi connectivity index (χ0) is 11.1. The van der Waals surface area contributed by atoms with E-state index in [2.05, 4.69) is 15.5 Å². The summed E-state index contributed by atoms with van der Waals surface area (Å²) in [6, 6.07) is 0.176. The van der Waals surface area contributed by atoms with Gasteiger partial charge in [-0.3, -0.25) is 4.79 Å². The van der Waals surface area contributed by atoms with Crippen molar-refractivity contribution in [2.45, 2.75) is 18.5 Å². The van der Waals surface area contributed by atoms with Crippen molar-refractivity contribution in [3.8, 4) is 0 Å². The van der Waals surface area contributed by atoms with Gasteiger partial charge in [0.25, 0.3) is 0 Å². The minimum Gasteiger partial charge on any atom is -0.368 e. The molecule has 0 spiro atoms. The number of primary amides is 1. The molecule has 0 aromatic carbocycles. The summed E-state index contributed by atoms with van der Waals surface area (Å²) in [7, 11) is 0. The Morgan fingerprint density at radius 2 is 2.44 bits per heavy atom. The number of carbonyl (C=O) groups is 1. The topological polar surface area (TPSA) is 70.4 Å². The molecule has 3 heterocycles. The number of nitrogens with one attached hydrogen (secondary N) is 2. The van der Waals surface area contributed by atoms with Crippen LogP contribution in [0.4, 0.5) is 0 Å². The molecule has 3 rings (SSSR count). The molecule has 3 aliphatic rings. The first-order valence-corrected chi connectivity index (χ1v) is 5.70. The second kappa shape index (κ2) is 3.52. The molecule has 5 heteroatoms. The van der Waals surface area contributed by atoms with E-state index in [9.17, 15) is 4.79 Å². The third-order valence-corrected chi connectivity index (χ3v) is 3.49. The van der Waals surface area contributed by atoms with Crippen molar-refractivity contribution in [2.24, 2.45) is 5.73 Å². The Labute approximate surface area is 94.4 Å². The number of allylic oxidation sites excluding steroid dienone is 1. The first kappa shape index (κ1) is 9.72. The fourth-order valence-electron chi connectivity index (χ4n) is 2.67. The summed E-state index contributed by atoms with van der Waals surface area (Å²) in [5.74, 6) is 0.791. The molecule has 1 amide bonds. The van der Waals surface area contributed by atoms with E-state index in [0.717, 1.165) is 31.9 Å². The van der Waals surface area contributed by atoms with Gasteiger partial charge in [-0.25, -0.2) is 0 Å². The molecule has 4 N–H and O–H groups in total. The lowest BCUT2D eigenvalue weighted by Gasteiger charge is -2.35. The molecule has 2 unspecified atom stereocenters. The van der Waals surface area contributed by atoms with Crippen LogP contribution >= 0.6 is 0 Å². The second-order valence-electron chi connectivity index (χ2n) is 4.51. The summed E-state index contributed by atoms with van der Waals surface area (Å²) in [5.41, 5.74) is 6.61. The monoisotopic (exact) mass is 220 g/mol. The Hall–Kier alpha value is -1.49. The molecule has 1 saturated heterocycles. The first-order valence-electron chi connectivity index (χ1n) is 5.70. The number of dihydropyridines is 1. The van der Waals surface area contributed by atoms with Gasteiger partial charge in [0.15, 0.2) is 0 Å². The Bertz CT molecular complexity index is 387. The molecule has 0 aromatic rings. The van der Waals surface area contributed by atoms with Crippen LogP contribution in [0, 0.1) is 0 Å². The van der Waals surface area contributed by atoms with Crippen LogP contribution in [0.25, 0.3) is 0 Å². The van der Waals surface area contributed by atoms with Crippen LogP contribution in [0.15, 0.2) is 23.5 Å². The minimum absolute atomic E-state index is 0.318. The molecule has 0 aliphatic carbocycles. The average molecular weight is 220 g/mol. The van der Waals surface area contributed by atoms with E-state index >= 15 is 0 Å². The van der Waals surface area contributed by atoms with Gasteiger partial charge in [-0.05, 0) is 12.0 Å². The largest absolute Gasteiger partial charge is 0.368 e. The summed E-state index contributed by atoms with van der Waals surface area (Å²) in [5, 5.41) is 6.62. The molecule has 5 nitrogen and oxygen atoms in total. The fraction of sp³-hybridized carbons (Fsp3) is 0.545. The van der Waals surface area contributed by atoms with Gasteiger partial charge in [0.05, 0.1) is 0 Å². The highest BCUT2D eigenvalue weighted by Crippen LogP contribution is 2.31. The van der Waals surface area contributed by atoms with Crippen molar-refractivity contribution in [1.29, 1.82) is 0 Å². The molecular formula is C11H16N4O. The van der Waals surface area contributed by atoms with Gasteiger partial charge in [0, 0.05) is 25.7 Å². The smallest absolute Gasteiger partial charge is 0.244 e. The summed E-state index contributed by atoms with van der Waals surface area (Å²) in [4.78, 5) is 13.5. The summed E-state index contributed by atoms with van der Waals surface area (Å²) in [6.07, 6.45) is 4.95. The van der Waals surface area contributed by atoms with Crippen molar-refractivity contribution in [3.05, 3.63) is 23.5 Å². The second-order valence-corrected chi connectivity index (χ2v) is 4.51. The van der Waals surface area contributed by atoms with Crippen LogP contribution in [-0.4, -0.2) is 42.5 Å². The Kier molecular flexibility index (Phi) is 2.14. The van der Waals surface area contributed by atoms with Gasteiger partial charge in [0.2, 0.25) is 5.91 Å². The number of hydrogen-bond donors (Lipinski definition) is 3. The van der Waals surface area contributed by atoms with E-state index in [4.69, 9.17) is 5.73 Å². The van der Waals surface area contributed by atoms with E-state index < -0.39 is 0 Å². The number of amides is 1. The lowest BCUT2D eigenvalue weighted by Crippen LogP contribution is -2.52. The van der Waals surface area contributed by atoms with Crippen LogP contribution in [-0.2, 0) is 4.79 Å². The molecule has 3 aliphatic heterocycles. The van der Waals surface area contributed by atoms with Crippen molar-refractivity contribution in [3.63, 3.8) is 0 Å². The van der Waals surface area contributed by atoms with Crippen molar-refractivity contribution in [2.75, 3.05) is 19.6 Å². The van der Waals surface area contributed by atoms with Crippen LogP contribution in [0.3, 0.4) is 0 Å². The third-order valence-electron chi connectivity index (χ3n) is 3.49. The number of rotatable bonds is 1. The molecule has 2 atom stereocenters. The third kappa shape index (κ3) is 1.39. The molecule has 0 radical (unpaired) electrons. The Morgan fingerprint density at radius 3 is 3.25 bits per heavy atom. The zero-order valence-corrected chi connectivity index (χ0v) is 9.07. The summed E-state index contributed by atoms with van der Waals surface area (Å²) < 4.78 is 0. The van der Waals surface area contributed by atoms with E-state index in [0.29, 0.717) is 6.04 Å². The van der Waals surface area contributed by atoms with Gasteiger partial charge in [-0.15, -0.1) is 0 Å². The number of nitrogens with two attached hydrogens (primary N) is 1. The zero-order valence-electron chi connectivity index (χ0n) is 9.07. The van der Waals surface area contributed by atoms with Crippen molar-refractivity contribution < 1.29 is 4.79 Å². The van der Waals surface area contributed by atoms with Crippen LogP contribution in [0.5, 0.6) is 0 Å². The maximum absolute atomic E-state index is 11.2. The maximum atomic E-state index is 11.2. The predicted molar refractivity (Wildman–Crippen MR) is 60.3 cm³/mol. The van der Waals surface area contributed by atoms with E-state index in [1.54, 1.807) is 0 Å². The maximum Gasteiger partial charge on any atom is 0.244 e. The number of hydrogen-bond acceptors (Lipinski definition) is 4. The fourth-order valence-corrected chi connectivity index (χ4v) is 2.67. The Balaban J connectivity index is 1.83. The molecule has 1 fully saturated rings. The van der Waals surface area contributed by atoms with Gasteiger partial charge in [0.1, 0.15) is 11.9 Å². The lowest BCUT2D eigenvalue weighted by atomic mass is 10.1. The van der Waals surface area contributed by atoms with Gasteiger partial charge < -0.3 is 21.3 Å². The number of piperazine rings is 1. The number of nitrogens with zero attached hydrogens (tertiary/aromatic N) is 1. The van der Waals surface area contributed by atoms with E-state index in [1.807, 2.05) is 12.2 Å².